The van der Waals surface area contributed by atoms with Crippen LogP contribution in [0.5, 0.6) is 0 Å². The molecule has 19 heavy (non-hydrogen) atoms. The average Bonchev–Trinajstić information content (AvgIpc) is 2.45. The Hall–Kier alpha value is -1.35. The maximum atomic E-state index is 12.3. The van der Waals surface area contributed by atoms with Gasteiger partial charge in [0, 0.05) is 18.7 Å². The van der Waals surface area contributed by atoms with E-state index in [0.29, 0.717) is 6.54 Å². The van der Waals surface area contributed by atoms with Gasteiger partial charge >= 0.3 is 0 Å². The van der Waals surface area contributed by atoms with Crippen LogP contribution in [0.2, 0.25) is 0 Å². The number of aryl methyl sites for hydroxylation is 1. The Morgan fingerprint density at radius 3 is 2.74 bits per heavy atom. The quantitative estimate of drug-likeness (QED) is 0.905. The predicted octanol–water partition coefficient (Wildman–Crippen LogP) is 2.63. The second kappa shape index (κ2) is 6.71. The van der Waals surface area contributed by atoms with E-state index in [1.54, 1.807) is 4.90 Å². The van der Waals surface area contributed by atoms with Gasteiger partial charge in [0.15, 0.2) is 0 Å². The molecule has 1 unspecified atom stereocenters. The Kier molecular flexibility index (Phi) is 4.97. The summed E-state index contributed by atoms with van der Waals surface area (Å²) in [5.41, 5.74) is 2.02. The van der Waals surface area contributed by atoms with Gasteiger partial charge in [-0.3, -0.25) is 4.79 Å². The normalized spacial score (nSPS) is 19.5. The van der Waals surface area contributed by atoms with Crippen molar-refractivity contribution in [2.75, 3.05) is 13.1 Å². The average molecular weight is 261 g/mol. The molecule has 0 aliphatic carbocycles. The molecule has 1 N–H and O–H groups in total. The number of likely N-dealkylation sites (tertiary alicyclic amines) is 1. The minimum absolute atomic E-state index is 0.0424. The van der Waals surface area contributed by atoms with E-state index in [4.69, 9.17) is 0 Å². The number of carbonyl (C=O) groups is 1. The first-order valence-corrected chi connectivity index (χ1v) is 7.27. The number of nitrogens with zero attached hydrogens (tertiary/aromatic N) is 1. The minimum Gasteiger partial charge on any atom is -0.391 e. The lowest BCUT2D eigenvalue weighted by Crippen LogP contribution is -2.42. The molecule has 1 aliphatic heterocycles. The van der Waals surface area contributed by atoms with Gasteiger partial charge in [-0.05, 0) is 43.4 Å². The lowest BCUT2D eigenvalue weighted by Gasteiger charge is -2.30. The number of amides is 1. The van der Waals surface area contributed by atoms with Crippen LogP contribution in [0.25, 0.3) is 0 Å². The van der Waals surface area contributed by atoms with Gasteiger partial charge < -0.3 is 10.0 Å². The topological polar surface area (TPSA) is 40.5 Å². The summed E-state index contributed by atoms with van der Waals surface area (Å²) in [4.78, 5) is 14.0. The zero-order valence-corrected chi connectivity index (χ0v) is 11.6. The number of hydrogen-bond acceptors (Lipinski definition) is 2. The lowest BCUT2D eigenvalue weighted by atomic mass is 10.0. The van der Waals surface area contributed by atoms with Crippen molar-refractivity contribution in [1.29, 1.82) is 0 Å². The number of aliphatic hydroxyl groups is 1. The summed E-state index contributed by atoms with van der Waals surface area (Å²) in [6.07, 6.45) is 4.79. The SMILES string of the molecule is CCCCc1ccc(C(=O)N2CCCC(O)C2)cc1. The van der Waals surface area contributed by atoms with Gasteiger partial charge in [-0.15, -0.1) is 0 Å². The highest BCUT2D eigenvalue weighted by Crippen LogP contribution is 2.15. The number of unbranched alkanes of at least 4 members (excludes halogenated alkanes) is 1. The molecule has 0 saturated carbocycles. The van der Waals surface area contributed by atoms with Crippen molar-refractivity contribution in [2.24, 2.45) is 0 Å². The highest BCUT2D eigenvalue weighted by molar-refractivity contribution is 5.94. The molecule has 1 atom stereocenters. The predicted molar refractivity (Wildman–Crippen MR) is 76.2 cm³/mol. The van der Waals surface area contributed by atoms with Crippen LogP contribution in [0.4, 0.5) is 0 Å². The molecule has 0 bridgehead atoms. The lowest BCUT2D eigenvalue weighted by molar-refractivity contribution is 0.0474. The molecular formula is C16H23NO2. The maximum Gasteiger partial charge on any atom is 0.253 e. The first-order valence-electron chi connectivity index (χ1n) is 7.27. The molecule has 1 aliphatic rings. The summed E-state index contributed by atoms with van der Waals surface area (Å²) >= 11 is 0. The van der Waals surface area contributed by atoms with Gasteiger partial charge in [-0.2, -0.15) is 0 Å². The van der Waals surface area contributed by atoms with E-state index in [9.17, 15) is 9.90 Å². The van der Waals surface area contributed by atoms with Crippen LogP contribution < -0.4 is 0 Å². The van der Waals surface area contributed by atoms with Crippen molar-refractivity contribution in [3.8, 4) is 0 Å². The first-order chi connectivity index (χ1) is 9.20. The summed E-state index contributed by atoms with van der Waals surface area (Å²) in [7, 11) is 0. The fourth-order valence-corrected chi connectivity index (χ4v) is 2.52. The summed E-state index contributed by atoms with van der Waals surface area (Å²) in [5, 5.41) is 9.62. The molecule has 1 aromatic carbocycles. The third-order valence-electron chi connectivity index (χ3n) is 3.70. The van der Waals surface area contributed by atoms with Crippen LogP contribution in [0.3, 0.4) is 0 Å². The molecule has 3 nitrogen and oxygen atoms in total. The molecule has 104 valence electrons. The molecule has 0 radical (unpaired) electrons. The second-order valence-electron chi connectivity index (χ2n) is 5.35. The number of hydrogen-bond donors (Lipinski definition) is 1. The Balaban J connectivity index is 1.98. The van der Waals surface area contributed by atoms with E-state index in [1.807, 2.05) is 24.3 Å². The van der Waals surface area contributed by atoms with Crippen LogP contribution in [0, 0.1) is 0 Å². The molecule has 2 rings (SSSR count). The van der Waals surface area contributed by atoms with Gasteiger partial charge in [0.2, 0.25) is 0 Å². The summed E-state index contributed by atoms with van der Waals surface area (Å²) in [6.45, 7) is 3.41. The standard InChI is InChI=1S/C16H23NO2/c1-2-3-5-13-7-9-14(10-8-13)16(19)17-11-4-6-15(18)12-17/h7-10,15,18H,2-6,11-12H2,1H3. The summed E-state index contributed by atoms with van der Waals surface area (Å²) < 4.78 is 0. The van der Waals surface area contributed by atoms with Gasteiger partial charge in [0.1, 0.15) is 0 Å². The van der Waals surface area contributed by atoms with E-state index < -0.39 is 0 Å². The largest absolute Gasteiger partial charge is 0.391 e. The Bertz CT molecular complexity index is 413. The van der Waals surface area contributed by atoms with Crippen LogP contribution in [-0.4, -0.2) is 35.1 Å². The minimum atomic E-state index is -0.360. The number of benzene rings is 1. The zero-order valence-electron chi connectivity index (χ0n) is 11.6. The van der Waals surface area contributed by atoms with Crippen molar-refractivity contribution >= 4 is 5.91 Å². The van der Waals surface area contributed by atoms with Gasteiger partial charge in [0.25, 0.3) is 5.91 Å². The van der Waals surface area contributed by atoms with Crippen LogP contribution in [0.15, 0.2) is 24.3 Å². The first kappa shape index (κ1) is 14.1. The van der Waals surface area contributed by atoms with Gasteiger partial charge in [-0.1, -0.05) is 25.5 Å². The molecule has 1 heterocycles. The molecule has 1 aromatic rings. The third-order valence-corrected chi connectivity index (χ3v) is 3.70. The van der Waals surface area contributed by atoms with Crippen molar-refractivity contribution < 1.29 is 9.90 Å². The fraction of sp³-hybridized carbons (Fsp3) is 0.562. The molecule has 1 amide bonds. The molecule has 1 fully saturated rings. The van der Waals surface area contributed by atoms with Crippen LogP contribution in [-0.2, 0) is 6.42 Å². The van der Waals surface area contributed by atoms with Crippen molar-refractivity contribution in [2.45, 2.75) is 45.1 Å². The summed E-state index contributed by atoms with van der Waals surface area (Å²) in [5.74, 6) is 0.0424. The van der Waals surface area contributed by atoms with E-state index in [1.165, 1.54) is 18.4 Å². The van der Waals surface area contributed by atoms with E-state index in [2.05, 4.69) is 6.92 Å². The number of carbonyl (C=O) groups excluding carboxylic acids is 1. The van der Waals surface area contributed by atoms with E-state index in [0.717, 1.165) is 31.4 Å². The highest BCUT2D eigenvalue weighted by atomic mass is 16.3. The smallest absolute Gasteiger partial charge is 0.253 e. The molecular weight excluding hydrogens is 238 g/mol. The molecule has 0 spiro atoms. The summed E-state index contributed by atoms with van der Waals surface area (Å²) in [6, 6.07) is 7.91. The molecule has 3 heteroatoms. The van der Waals surface area contributed by atoms with Crippen molar-refractivity contribution in [3.63, 3.8) is 0 Å². The Labute approximate surface area is 115 Å². The van der Waals surface area contributed by atoms with Crippen LogP contribution in [0.1, 0.15) is 48.5 Å². The highest BCUT2D eigenvalue weighted by Gasteiger charge is 2.22. The number of rotatable bonds is 4. The third kappa shape index (κ3) is 3.80. The van der Waals surface area contributed by atoms with Crippen molar-refractivity contribution in [1.82, 2.24) is 4.90 Å². The van der Waals surface area contributed by atoms with Crippen LogP contribution >= 0.6 is 0 Å². The van der Waals surface area contributed by atoms with E-state index in [-0.39, 0.29) is 12.0 Å². The molecule has 0 aromatic heterocycles. The Morgan fingerprint density at radius 1 is 1.37 bits per heavy atom. The van der Waals surface area contributed by atoms with Gasteiger partial charge in [-0.25, -0.2) is 0 Å². The monoisotopic (exact) mass is 261 g/mol. The fourth-order valence-electron chi connectivity index (χ4n) is 2.52. The maximum absolute atomic E-state index is 12.3. The number of piperidine rings is 1. The van der Waals surface area contributed by atoms with Crippen molar-refractivity contribution in [3.05, 3.63) is 35.4 Å². The molecule has 1 saturated heterocycles. The van der Waals surface area contributed by atoms with E-state index >= 15 is 0 Å². The Morgan fingerprint density at radius 2 is 2.11 bits per heavy atom. The zero-order chi connectivity index (χ0) is 13.7. The number of β-amino-alcohol motifs (C(OH)–C–C–N with tert-alkyl or cyclic N) is 1. The number of aliphatic hydroxyl groups excluding tert-OH is 1. The van der Waals surface area contributed by atoms with Gasteiger partial charge in [0.05, 0.1) is 6.10 Å². The second-order valence-corrected chi connectivity index (χ2v) is 5.35.